The minimum atomic E-state index is 0.0535. The maximum atomic E-state index is 7.74. The maximum absolute atomic E-state index is 7.74. The Morgan fingerprint density at radius 1 is 0.441 bits per heavy atom. The lowest BCUT2D eigenvalue weighted by Gasteiger charge is -2.40. The van der Waals surface area contributed by atoms with Crippen LogP contribution in [0.4, 0.5) is 0 Å². The molecule has 0 spiro atoms. The van der Waals surface area contributed by atoms with Crippen LogP contribution in [-0.2, 0) is 17.6 Å². The predicted octanol–water partition coefficient (Wildman–Crippen LogP) is 15.6. The molecule has 320 valence electrons. The highest BCUT2D eigenvalue weighted by molar-refractivity contribution is 5.56. The smallest absolute Gasteiger partial charge is 0.159 e. The second kappa shape index (κ2) is 24.7. The number of hydrogen-bond donors (Lipinski definition) is 0. The van der Waals surface area contributed by atoms with Crippen molar-refractivity contribution in [1.29, 1.82) is 0 Å². The molecule has 2 saturated carbocycles. The Bertz CT molecular complexity index is 1580. The minimum absolute atomic E-state index is 0.0535. The average molecular weight is 799 g/mol. The Labute approximate surface area is 359 Å². The molecule has 4 aromatic rings. The summed E-state index contributed by atoms with van der Waals surface area (Å²) in [4.78, 5) is 19.0. The Morgan fingerprint density at radius 3 is 1.14 bits per heavy atom. The van der Waals surface area contributed by atoms with Gasteiger partial charge >= 0.3 is 0 Å². The topological polar surface area (TPSA) is 60.8 Å². The van der Waals surface area contributed by atoms with Crippen LogP contribution in [0.1, 0.15) is 203 Å². The van der Waals surface area contributed by atoms with E-state index in [1.54, 1.807) is 0 Å². The number of benzene rings is 2. The monoisotopic (exact) mass is 799 g/mol. The lowest BCUT2D eigenvalue weighted by molar-refractivity contribution is -0.0907. The zero-order valence-corrected chi connectivity index (χ0v) is 37.6. The van der Waals surface area contributed by atoms with Crippen LogP contribution in [0.5, 0.6) is 0 Å². The van der Waals surface area contributed by atoms with Crippen LogP contribution in [0.15, 0.2) is 73.3 Å². The molecule has 2 aliphatic rings. The number of rotatable bonds is 24. The van der Waals surface area contributed by atoms with Crippen LogP contribution < -0.4 is 0 Å². The van der Waals surface area contributed by atoms with Crippen LogP contribution in [0.25, 0.3) is 22.8 Å². The summed E-state index contributed by atoms with van der Waals surface area (Å²) < 4.78 is 7.74. The molecule has 0 amide bonds. The van der Waals surface area contributed by atoms with Crippen molar-refractivity contribution in [3.8, 4) is 22.8 Å². The summed E-state index contributed by atoms with van der Waals surface area (Å²) in [6.07, 6.45) is 39.2. The largest absolute Gasteiger partial charge is 0.365 e. The zero-order chi connectivity index (χ0) is 41.1. The van der Waals surface area contributed by atoms with Crippen LogP contribution >= 0.6 is 0 Å². The molecule has 2 unspecified atom stereocenters. The Balaban J connectivity index is 1.24. The summed E-state index contributed by atoms with van der Waals surface area (Å²) in [5.41, 5.74) is 7.18. The molecule has 5 nitrogen and oxygen atoms in total. The van der Waals surface area contributed by atoms with Crippen molar-refractivity contribution < 1.29 is 4.74 Å². The highest BCUT2D eigenvalue weighted by Gasteiger charge is 2.36. The molecule has 2 aromatic heterocycles. The number of aromatic nitrogens is 4. The van der Waals surface area contributed by atoms with Gasteiger partial charge in [-0.3, -0.25) is 0 Å². The number of ether oxygens (including phenoxy) is 1. The van der Waals surface area contributed by atoms with E-state index in [2.05, 4.69) is 76.2 Å². The van der Waals surface area contributed by atoms with Crippen molar-refractivity contribution >= 4 is 0 Å². The van der Waals surface area contributed by atoms with Gasteiger partial charge in [0.05, 0.1) is 12.2 Å². The Hall–Kier alpha value is -3.44. The van der Waals surface area contributed by atoms with Gasteiger partial charge in [-0.15, -0.1) is 0 Å². The van der Waals surface area contributed by atoms with E-state index in [-0.39, 0.29) is 12.2 Å². The van der Waals surface area contributed by atoms with Crippen molar-refractivity contribution in [1.82, 2.24) is 19.9 Å². The fourth-order valence-corrected chi connectivity index (χ4v) is 10.2. The van der Waals surface area contributed by atoms with E-state index in [9.17, 15) is 0 Å². The first kappa shape index (κ1) is 45.1. The third-order valence-electron chi connectivity index (χ3n) is 13.8. The molecule has 2 aromatic carbocycles. The maximum Gasteiger partial charge on any atom is 0.159 e. The quantitative estimate of drug-likeness (QED) is 0.0661. The average Bonchev–Trinajstić information content (AvgIpc) is 3.28. The van der Waals surface area contributed by atoms with Gasteiger partial charge in [-0.2, -0.15) is 0 Å². The van der Waals surface area contributed by atoms with Gasteiger partial charge < -0.3 is 4.74 Å². The van der Waals surface area contributed by atoms with Crippen molar-refractivity contribution in [3.63, 3.8) is 0 Å². The van der Waals surface area contributed by atoms with Gasteiger partial charge in [0, 0.05) is 35.9 Å². The lowest BCUT2D eigenvalue weighted by Crippen LogP contribution is -2.28. The van der Waals surface area contributed by atoms with Gasteiger partial charge in [0.2, 0.25) is 0 Å². The minimum Gasteiger partial charge on any atom is -0.365 e. The summed E-state index contributed by atoms with van der Waals surface area (Å²) in [5.74, 6) is 4.36. The third-order valence-corrected chi connectivity index (χ3v) is 13.8. The predicted molar refractivity (Wildman–Crippen MR) is 247 cm³/mol. The van der Waals surface area contributed by atoms with Crippen molar-refractivity contribution in [2.24, 2.45) is 23.7 Å². The highest BCUT2D eigenvalue weighted by Crippen LogP contribution is 2.47. The number of nitrogens with zero attached hydrogens (tertiary/aromatic N) is 4. The van der Waals surface area contributed by atoms with E-state index in [0.29, 0.717) is 11.8 Å². The molecule has 0 bridgehead atoms. The van der Waals surface area contributed by atoms with Gasteiger partial charge in [0.25, 0.3) is 0 Å². The molecule has 0 radical (unpaired) electrons. The molecule has 2 aliphatic carbocycles. The lowest BCUT2D eigenvalue weighted by atomic mass is 9.74. The van der Waals surface area contributed by atoms with Crippen LogP contribution in [0.3, 0.4) is 0 Å². The van der Waals surface area contributed by atoms with E-state index in [1.807, 2.05) is 24.8 Å². The van der Waals surface area contributed by atoms with E-state index in [4.69, 9.17) is 24.7 Å². The van der Waals surface area contributed by atoms with E-state index in [1.165, 1.54) is 151 Å². The molecule has 2 atom stereocenters. The molecular weight excluding hydrogens is 721 g/mol. The van der Waals surface area contributed by atoms with E-state index < -0.39 is 0 Å². The van der Waals surface area contributed by atoms with Gasteiger partial charge in [-0.05, 0) is 84.5 Å². The fraction of sp³-hybridized carbons (Fsp3) is 0.630. The molecule has 2 fully saturated rings. The summed E-state index contributed by atoms with van der Waals surface area (Å²) in [7, 11) is 0. The van der Waals surface area contributed by atoms with Crippen LogP contribution in [0, 0.1) is 23.7 Å². The molecule has 5 heteroatoms. The number of unbranched alkanes of at least 4 members (excludes halogenated alkanes) is 8. The molecule has 6 rings (SSSR count). The summed E-state index contributed by atoms with van der Waals surface area (Å²) in [6.45, 7) is 9.04. The second-order valence-corrected chi connectivity index (χ2v) is 18.5. The molecule has 0 saturated heterocycles. The van der Waals surface area contributed by atoms with Crippen molar-refractivity contribution in [2.75, 3.05) is 0 Å². The molecular formula is C54H78N4O. The zero-order valence-electron chi connectivity index (χ0n) is 37.6. The molecule has 0 N–H and O–H groups in total. The van der Waals surface area contributed by atoms with Gasteiger partial charge in [0.15, 0.2) is 11.6 Å². The summed E-state index contributed by atoms with van der Waals surface area (Å²) in [5, 5.41) is 0. The van der Waals surface area contributed by atoms with Gasteiger partial charge in [-0.1, -0.05) is 192 Å². The summed E-state index contributed by atoms with van der Waals surface area (Å²) in [6, 6.07) is 18.3. The SMILES string of the molecule is CCCCCCC[C@H]1CC[C@H](C(OC(c2ccc(-c3ncc(CCC)cn3)cc2)[C@H]2CC[C@H](CCCCCCC)CC2)c2ccc(-c3ncc(CCC)cn3)cc2)CC1. The van der Waals surface area contributed by atoms with Crippen molar-refractivity contribution in [2.45, 2.75) is 194 Å². The van der Waals surface area contributed by atoms with Crippen molar-refractivity contribution in [3.05, 3.63) is 95.6 Å². The second-order valence-electron chi connectivity index (χ2n) is 18.5. The third kappa shape index (κ3) is 13.8. The normalized spacial score (nSPS) is 20.7. The van der Waals surface area contributed by atoms with E-state index >= 15 is 0 Å². The fourth-order valence-electron chi connectivity index (χ4n) is 10.2. The van der Waals surface area contributed by atoms with Crippen LogP contribution in [-0.4, -0.2) is 19.9 Å². The summed E-state index contributed by atoms with van der Waals surface area (Å²) >= 11 is 0. The molecule has 59 heavy (non-hydrogen) atoms. The molecule has 0 aliphatic heterocycles. The van der Waals surface area contributed by atoms with E-state index in [0.717, 1.165) is 60.3 Å². The first-order chi connectivity index (χ1) is 29.1. The molecule has 2 heterocycles. The Morgan fingerprint density at radius 2 is 0.797 bits per heavy atom. The number of hydrogen-bond acceptors (Lipinski definition) is 5. The first-order valence-corrected chi connectivity index (χ1v) is 24.6. The first-order valence-electron chi connectivity index (χ1n) is 24.6. The van der Waals surface area contributed by atoms with Crippen LogP contribution in [0.2, 0.25) is 0 Å². The number of aryl methyl sites for hydroxylation is 2. The van der Waals surface area contributed by atoms with Gasteiger partial charge in [0.1, 0.15) is 0 Å². The highest BCUT2D eigenvalue weighted by atomic mass is 16.5. The Kier molecular flexibility index (Phi) is 18.9. The van der Waals surface area contributed by atoms with Gasteiger partial charge in [-0.25, -0.2) is 19.9 Å². The standard InChI is InChI=1S/C54H78N4O/c1-5-9-11-13-15-19-41-21-25-45(26-22-41)51(47-29-33-49(34-30-47)53-55-37-43(17-7-3)38-56-53)59-52(46-27-23-42(24-28-46)20-16-14-12-10-6-2)48-31-35-50(36-32-48)54-57-39-44(18-8-4)40-58-54/h29-42,45-46,51-52H,5-28H2,1-4H3/t41-,42-,45-,46-,51?,52?.